The minimum Gasteiger partial charge on any atom is -0.508 e. The first kappa shape index (κ1) is 30.9. The standard InChI is InChI=1S/C25H36N8O6/c26-8-2-1-3-18(24(38)33-19(21(35)11-22(28)36)10-16-13-29-14-30-16)32-25(39)20(31-23(37)12-27)9-15-4-6-17(34)7-5-15/h4-7,13-14,18-20,34H,1-3,8-12,26-27H2,(H2,28,36)(H,29,30)(H,31,37)(H,32,39)(H,33,38)/t18-,19-,20-/m0/s1. The van der Waals surface area contributed by atoms with Gasteiger partial charge in [0.1, 0.15) is 17.8 Å². The number of aromatic amines is 1. The van der Waals surface area contributed by atoms with Crippen LogP contribution in [-0.4, -0.2) is 75.7 Å². The summed E-state index contributed by atoms with van der Waals surface area (Å²) in [6, 6.07) is 2.82. The number of benzene rings is 1. The summed E-state index contributed by atoms with van der Waals surface area (Å²) in [6.45, 7) is 0.0227. The maximum atomic E-state index is 13.3. The van der Waals surface area contributed by atoms with Crippen molar-refractivity contribution in [2.24, 2.45) is 17.2 Å². The molecule has 0 aliphatic heterocycles. The normalized spacial score (nSPS) is 13.1. The lowest BCUT2D eigenvalue weighted by Crippen LogP contribution is -2.57. The van der Waals surface area contributed by atoms with Gasteiger partial charge < -0.3 is 43.2 Å². The molecular weight excluding hydrogens is 508 g/mol. The third-order valence-corrected chi connectivity index (χ3v) is 5.83. The smallest absolute Gasteiger partial charge is 0.243 e. The molecule has 1 aromatic heterocycles. The van der Waals surface area contributed by atoms with E-state index in [1.165, 1.54) is 24.7 Å². The fourth-order valence-electron chi connectivity index (χ4n) is 3.79. The third kappa shape index (κ3) is 10.9. The Kier molecular flexibility index (Phi) is 12.6. The van der Waals surface area contributed by atoms with Crippen molar-refractivity contribution in [3.63, 3.8) is 0 Å². The molecule has 0 saturated carbocycles. The number of ketones is 1. The van der Waals surface area contributed by atoms with Crippen LogP contribution in [-0.2, 0) is 36.8 Å². The summed E-state index contributed by atoms with van der Waals surface area (Å²) in [7, 11) is 0. The van der Waals surface area contributed by atoms with Gasteiger partial charge in [0.25, 0.3) is 0 Å². The van der Waals surface area contributed by atoms with Gasteiger partial charge in [-0.2, -0.15) is 0 Å². The van der Waals surface area contributed by atoms with E-state index in [0.29, 0.717) is 30.6 Å². The van der Waals surface area contributed by atoms with Crippen LogP contribution in [0.15, 0.2) is 36.8 Å². The molecule has 0 fully saturated rings. The van der Waals surface area contributed by atoms with Gasteiger partial charge >= 0.3 is 0 Å². The molecule has 0 unspecified atom stereocenters. The Bertz CT molecular complexity index is 1110. The van der Waals surface area contributed by atoms with Gasteiger partial charge in [-0.25, -0.2) is 4.98 Å². The second-order valence-electron chi connectivity index (χ2n) is 8.99. The lowest BCUT2D eigenvalue weighted by Gasteiger charge is -2.25. The highest BCUT2D eigenvalue weighted by Crippen LogP contribution is 2.12. The summed E-state index contributed by atoms with van der Waals surface area (Å²) in [6.07, 6.45) is 3.67. The zero-order valence-electron chi connectivity index (χ0n) is 21.5. The number of phenolic OH excluding ortho intramolecular Hbond substituents is 1. The topological polar surface area (TPSA) is 248 Å². The SMILES string of the molecule is NCCCC[C@H](NC(=O)[C@H](Cc1ccc(O)cc1)NC(=O)CN)C(=O)N[C@@H](Cc1cnc[nH]1)C(=O)CC(N)=O. The summed E-state index contributed by atoms with van der Waals surface area (Å²) in [5.74, 6) is -3.28. The molecule has 14 heteroatoms. The van der Waals surface area contributed by atoms with E-state index < -0.39 is 54.0 Å². The number of primary amides is 1. The van der Waals surface area contributed by atoms with Crippen LogP contribution in [0, 0.1) is 0 Å². The van der Waals surface area contributed by atoms with Crippen molar-refractivity contribution in [2.75, 3.05) is 13.1 Å². The first-order valence-corrected chi connectivity index (χ1v) is 12.5. The Morgan fingerprint density at radius 3 is 2.15 bits per heavy atom. The Morgan fingerprint density at radius 1 is 0.897 bits per heavy atom. The lowest BCUT2D eigenvalue weighted by atomic mass is 10.0. The Morgan fingerprint density at radius 2 is 1.56 bits per heavy atom. The number of nitrogens with one attached hydrogen (secondary N) is 4. The maximum absolute atomic E-state index is 13.3. The van der Waals surface area contributed by atoms with Gasteiger partial charge in [0.2, 0.25) is 23.6 Å². The van der Waals surface area contributed by atoms with E-state index in [1.807, 2.05) is 0 Å². The largest absolute Gasteiger partial charge is 0.508 e. The van der Waals surface area contributed by atoms with Crippen LogP contribution >= 0.6 is 0 Å². The van der Waals surface area contributed by atoms with Crippen molar-refractivity contribution < 1.29 is 29.1 Å². The van der Waals surface area contributed by atoms with Gasteiger partial charge in [0.15, 0.2) is 5.78 Å². The van der Waals surface area contributed by atoms with E-state index in [0.717, 1.165) is 0 Å². The number of rotatable bonds is 17. The Balaban J connectivity index is 2.22. The van der Waals surface area contributed by atoms with Crippen molar-refractivity contribution in [3.05, 3.63) is 48.0 Å². The van der Waals surface area contributed by atoms with Gasteiger partial charge in [-0.15, -0.1) is 0 Å². The fourth-order valence-corrected chi connectivity index (χ4v) is 3.79. The van der Waals surface area contributed by atoms with Crippen LogP contribution in [0.4, 0.5) is 0 Å². The van der Waals surface area contributed by atoms with E-state index in [2.05, 4.69) is 25.9 Å². The van der Waals surface area contributed by atoms with Crippen molar-refractivity contribution in [2.45, 2.75) is 56.7 Å². The summed E-state index contributed by atoms with van der Waals surface area (Å²) in [5, 5.41) is 17.4. The monoisotopic (exact) mass is 544 g/mol. The second kappa shape index (κ2) is 15.8. The zero-order valence-corrected chi connectivity index (χ0v) is 21.5. The number of hydrogen-bond donors (Lipinski definition) is 8. The van der Waals surface area contributed by atoms with E-state index in [1.54, 1.807) is 12.1 Å². The van der Waals surface area contributed by atoms with E-state index in [4.69, 9.17) is 17.2 Å². The average Bonchev–Trinajstić information content (AvgIpc) is 3.41. The maximum Gasteiger partial charge on any atom is 0.243 e. The molecule has 0 radical (unpaired) electrons. The predicted molar refractivity (Wildman–Crippen MR) is 141 cm³/mol. The van der Waals surface area contributed by atoms with Crippen molar-refractivity contribution in [1.82, 2.24) is 25.9 Å². The highest BCUT2D eigenvalue weighted by molar-refractivity contribution is 6.02. The number of nitrogens with two attached hydrogens (primary N) is 3. The number of aromatic hydroxyl groups is 1. The van der Waals surface area contributed by atoms with Gasteiger partial charge in [-0.3, -0.25) is 24.0 Å². The lowest BCUT2D eigenvalue weighted by molar-refractivity contribution is -0.134. The summed E-state index contributed by atoms with van der Waals surface area (Å²) in [5.41, 5.74) is 17.4. The zero-order chi connectivity index (χ0) is 28.8. The number of H-pyrrole nitrogens is 1. The molecule has 0 bridgehead atoms. The van der Waals surface area contributed by atoms with Gasteiger partial charge in [0.05, 0.1) is 25.3 Å². The summed E-state index contributed by atoms with van der Waals surface area (Å²) < 4.78 is 0. The number of amides is 4. The third-order valence-electron chi connectivity index (χ3n) is 5.83. The van der Waals surface area contributed by atoms with Gasteiger partial charge in [-0.1, -0.05) is 12.1 Å². The number of nitrogens with zero attached hydrogens (tertiary/aromatic N) is 1. The molecule has 14 nitrogen and oxygen atoms in total. The second-order valence-corrected chi connectivity index (χ2v) is 8.99. The molecule has 3 atom stereocenters. The number of hydrogen-bond acceptors (Lipinski definition) is 9. The molecule has 1 heterocycles. The molecule has 212 valence electrons. The number of carbonyl (C=O) groups is 5. The molecule has 0 aliphatic rings. The highest BCUT2D eigenvalue weighted by Gasteiger charge is 2.30. The number of phenols is 1. The van der Waals surface area contributed by atoms with Crippen LogP contribution in [0.3, 0.4) is 0 Å². The minimum atomic E-state index is -1.11. The van der Waals surface area contributed by atoms with Crippen molar-refractivity contribution in [3.8, 4) is 5.75 Å². The predicted octanol–water partition coefficient (Wildman–Crippen LogP) is -2.11. The van der Waals surface area contributed by atoms with E-state index in [-0.39, 0.29) is 31.6 Å². The fraction of sp³-hybridized carbons (Fsp3) is 0.440. The van der Waals surface area contributed by atoms with Gasteiger partial charge in [0, 0.05) is 24.7 Å². The van der Waals surface area contributed by atoms with Crippen LogP contribution < -0.4 is 33.2 Å². The highest BCUT2D eigenvalue weighted by atomic mass is 16.3. The minimum absolute atomic E-state index is 0.0252. The molecule has 0 spiro atoms. The number of Topliss-reactive ketones (excluding diaryl/α,β-unsaturated/α-hetero) is 1. The Hall–Kier alpha value is -4.30. The van der Waals surface area contributed by atoms with E-state index in [9.17, 15) is 29.1 Å². The Labute approximate surface area is 225 Å². The first-order valence-electron chi connectivity index (χ1n) is 12.5. The molecule has 39 heavy (non-hydrogen) atoms. The molecule has 0 aliphatic carbocycles. The van der Waals surface area contributed by atoms with Crippen molar-refractivity contribution in [1.29, 1.82) is 0 Å². The molecule has 1 aromatic carbocycles. The molecule has 0 saturated heterocycles. The van der Waals surface area contributed by atoms with Crippen LogP contribution in [0.25, 0.3) is 0 Å². The molecular formula is C25H36N8O6. The molecule has 2 rings (SSSR count). The summed E-state index contributed by atoms with van der Waals surface area (Å²) in [4.78, 5) is 69.4. The quantitative estimate of drug-likeness (QED) is 0.0800. The van der Waals surface area contributed by atoms with Crippen molar-refractivity contribution >= 4 is 29.4 Å². The average molecular weight is 545 g/mol. The first-order chi connectivity index (χ1) is 18.6. The van der Waals surface area contributed by atoms with Crippen LogP contribution in [0.2, 0.25) is 0 Å². The van der Waals surface area contributed by atoms with Gasteiger partial charge in [-0.05, 0) is 43.5 Å². The number of unbranched alkanes of at least 4 members (excludes halogenated alkanes) is 1. The van der Waals surface area contributed by atoms with E-state index >= 15 is 0 Å². The summed E-state index contributed by atoms with van der Waals surface area (Å²) >= 11 is 0. The number of imidazole rings is 1. The molecule has 2 aromatic rings. The molecule has 4 amide bonds. The number of aromatic nitrogens is 2. The van der Waals surface area contributed by atoms with Crippen LogP contribution in [0.1, 0.15) is 36.9 Å². The van der Waals surface area contributed by atoms with Crippen LogP contribution in [0.5, 0.6) is 5.75 Å². The molecule has 11 N–H and O–H groups in total. The number of carbonyl (C=O) groups excluding carboxylic acids is 5.